The van der Waals surface area contributed by atoms with Crippen LogP contribution in [0.3, 0.4) is 0 Å². The van der Waals surface area contributed by atoms with Gasteiger partial charge in [0, 0.05) is 31.4 Å². The summed E-state index contributed by atoms with van der Waals surface area (Å²) in [6.45, 7) is 5.66. The summed E-state index contributed by atoms with van der Waals surface area (Å²) in [5, 5.41) is 12.5. The first kappa shape index (κ1) is 18.0. The zero-order valence-electron chi connectivity index (χ0n) is 15.2. The molecular weight excluding hydrogens is 308 g/mol. The van der Waals surface area contributed by atoms with Crippen LogP contribution in [0.1, 0.15) is 31.2 Å². The topological polar surface area (TPSA) is 35.5 Å². The van der Waals surface area contributed by atoms with E-state index in [1.54, 1.807) is 0 Å². The van der Waals surface area contributed by atoms with Crippen molar-refractivity contribution in [2.45, 2.75) is 38.6 Å². The predicted octanol–water partition coefficient (Wildman–Crippen LogP) is 3.99. The van der Waals surface area contributed by atoms with E-state index in [1.165, 1.54) is 35.2 Å². The van der Waals surface area contributed by atoms with E-state index < -0.39 is 0 Å². The average Bonchev–Trinajstić information content (AvgIpc) is 2.66. The first-order valence-electron chi connectivity index (χ1n) is 9.52. The van der Waals surface area contributed by atoms with Gasteiger partial charge in [-0.15, -0.1) is 0 Å². The molecule has 0 atom stereocenters. The highest BCUT2D eigenvalue weighted by atomic mass is 16.2. The molecule has 3 nitrogen and oxygen atoms in total. The molecule has 3 heteroatoms. The van der Waals surface area contributed by atoms with Gasteiger partial charge in [-0.05, 0) is 62.4 Å². The number of anilines is 1. The Morgan fingerprint density at radius 3 is 2.48 bits per heavy atom. The maximum Gasteiger partial charge on any atom is 0.0431 e. The molecule has 0 spiro atoms. The van der Waals surface area contributed by atoms with Crippen molar-refractivity contribution < 1.29 is 5.11 Å². The lowest BCUT2D eigenvalue weighted by Crippen LogP contribution is -2.42. The standard InChI is InChI=1S/C22H30N2O/c1-18-7-9-19(10-8-18)20-5-4-6-22(17-20)24-14-11-21(12-15-24)23-13-2-3-16-25/h4-10,17,21,23,25H,2-3,11-16H2,1H3. The summed E-state index contributed by atoms with van der Waals surface area (Å²) in [7, 11) is 0. The number of rotatable bonds is 7. The van der Waals surface area contributed by atoms with Crippen LogP contribution in [0.25, 0.3) is 11.1 Å². The molecule has 2 N–H and O–H groups in total. The Balaban J connectivity index is 1.56. The molecule has 134 valence electrons. The second kappa shape index (κ2) is 9.02. The van der Waals surface area contributed by atoms with Gasteiger partial charge in [0.1, 0.15) is 0 Å². The molecule has 0 aromatic heterocycles. The summed E-state index contributed by atoms with van der Waals surface area (Å²) < 4.78 is 0. The highest BCUT2D eigenvalue weighted by Gasteiger charge is 2.19. The minimum Gasteiger partial charge on any atom is -0.396 e. The molecular formula is C22H30N2O. The summed E-state index contributed by atoms with van der Waals surface area (Å²) in [5.41, 5.74) is 5.21. The molecule has 0 amide bonds. The predicted molar refractivity (Wildman–Crippen MR) is 106 cm³/mol. The minimum atomic E-state index is 0.303. The van der Waals surface area contributed by atoms with Crippen molar-refractivity contribution in [1.29, 1.82) is 0 Å². The Morgan fingerprint density at radius 1 is 1.00 bits per heavy atom. The van der Waals surface area contributed by atoms with Gasteiger partial charge in [0.05, 0.1) is 0 Å². The number of aliphatic hydroxyl groups excluding tert-OH is 1. The lowest BCUT2D eigenvalue weighted by atomic mass is 10.0. The van der Waals surface area contributed by atoms with Gasteiger partial charge < -0.3 is 15.3 Å². The molecule has 0 radical (unpaired) electrons. The lowest BCUT2D eigenvalue weighted by molar-refractivity contribution is 0.281. The summed E-state index contributed by atoms with van der Waals surface area (Å²) in [5.74, 6) is 0. The highest BCUT2D eigenvalue weighted by molar-refractivity contribution is 5.68. The third kappa shape index (κ3) is 5.07. The quantitative estimate of drug-likeness (QED) is 0.749. The normalized spacial score (nSPS) is 15.5. The van der Waals surface area contributed by atoms with Crippen LogP contribution in [-0.4, -0.2) is 37.4 Å². The van der Waals surface area contributed by atoms with Crippen molar-refractivity contribution in [1.82, 2.24) is 5.32 Å². The number of benzene rings is 2. The van der Waals surface area contributed by atoms with Crippen LogP contribution >= 0.6 is 0 Å². The fourth-order valence-electron chi connectivity index (χ4n) is 3.51. The van der Waals surface area contributed by atoms with Gasteiger partial charge in [-0.2, -0.15) is 0 Å². The third-order valence-corrected chi connectivity index (χ3v) is 5.11. The van der Waals surface area contributed by atoms with Crippen LogP contribution in [0.4, 0.5) is 5.69 Å². The van der Waals surface area contributed by atoms with Crippen LogP contribution in [0.2, 0.25) is 0 Å². The first-order chi connectivity index (χ1) is 12.3. The monoisotopic (exact) mass is 338 g/mol. The van der Waals surface area contributed by atoms with Crippen molar-refractivity contribution in [2.24, 2.45) is 0 Å². The Morgan fingerprint density at radius 2 is 1.76 bits per heavy atom. The Kier molecular flexibility index (Phi) is 6.48. The molecule has 1 fully saturated rings. The third-order valence-electron chi connectivity index (χ3n) is 5.11. The number of piperidine rings is 1. The molecule has 1 aliphatic heterocycles. The smallest absolute Gasteiger partial charge is 0.0431 e. The molecule has 0 bridgehead atoms. The van der Waals surface area contributed by atoms with Crippen LogP contribution in [-0.2, 0) is 0 Å². The first-order valence-corrected chi connectivity index (χ1v) is 9.52. The number of nitrogens with one attached hydrogen (secondary N) is 1. The fourth-order valence-corrected chi connectivity index (χ4v) is 3.51. The average molecular weight is 338 g/mol. The van der Waals surface area contributed by atoms with Crippen LogP contribution in [0.15, 0.2) is 48.5 Å². The SMILES string of the molecule is Cc1ccc(-c2cccc(N3CCC(NCCCCO)CC3)c2)cc1. The fraction of sp³-hybridized carbons (Fsp3) is 0.455. The van der Waals surface area contributed by atoms with Gasteiger partial charge in [0.25, 0.3) is 0 Å². The second-order valence-electron chi connectivity index (χ2n) is 7.06. The van der Waals surface area contributed by atoms with Gasteiger partial charge in [-0.25, -0.2) is 0 Å². The maximum atomic E-state index is 8.85. The van der Waals surface area contributed by atoms with E-state index in [1.807, 2.05) is 0 Å². The van der Waals surface area contributed by atoms with E-state index in [9.17, 15) is 0 Å². The van der Waals surface area contributed by atoms with E-state index in [0.717, 1.165) is 32.5 Å². The molecule has 3 rings (SSSR count). The molecule has 0 unspecified atom stereocenters. The zero-order valence-corrected chi connectivity index (χ0v) is 15.2. The summed E-state index contributed by atoms with van der Waals surface area (Å²) in [4.78, 5) is 2.50. The molecule has 2 aromatic carbocycles. The largest absolute Gasteiger partial charge is 0.396 e. The number of aliphatic hydroxyl groups is 1. The number of aryl methyl sites for hydroxylation is 1. The molecule has 1 aliphatic rings. The number of hydrogen-bond donors (Lipinski definition) is 2. The summed E-state index contributed by atoms with van der Waals surface area (Å²) in [6, 6.07) is 18.3. The molecule has 1 heterocycles. The highest BCUT2D eigenvalue weighted by Crippen LogP contribution is 2.27. The zero-order chi connectivity index (χ0) is 17.5. The Hall–Kier alpha value is -1.84. The van der Waals surface area contributed by atoms with Gasteiger partial charge >= 0.3 is 0 Å². The number of unbranched alkanes of at least 4 members (excludes halogenated alkanes) is 1. The van der Waals surface area contributed by atoms with Gasteiger partial charge in [-0.1, -0.05) is 42.0 Å². The molecule has 2 aromatic rings. The molecule has 0 aliphatic carbocycles. The number of nitrogens with zero attached hydrogens (tertiary/aromatic N) is 1. The van der Waals surface area contributed by atoms with Crippen LogP contribution in [0, 0.1) is 6.92 Å². The summed E-state index contributed by atoms with van der Waals surface area (Å²) >= 11 is 0. The van der Waals surface area contributed by atoms with Crippen molar-refractivity contribution in [3.8, 4) is 11.1 Å². The van der Waals surface area contributed by atoms with Crippen molar-refractivity contribution in [3.05, 3.63) is 54.1 Å². The Bertz CT molecular complexity index is 645. The second-order valence-corrected chi connectivity index (χ2v) is 7.06. The Labute approximate surface area is 151 Å². The van der Waals surface area contributed by atoms with Gasteiger partial charge in [0.2, 0.25) is 0 Å². The van der Waals surface area contributed by atoms with Crippen molar-refractivity contribution in [2.75, 3.05) is 31.1 Å². The van der Waals surface area contributed by atoms with E-state index in [4.69, 9.17) is 5.11 Å². The van der Waals surface area contributed by atoms with Gasteiger partial charge in [0.15, 0.2) is 0 Å². The lowest BCUT2D eigenvalue weighted by Gasteiger charge is -2.34. The van der Waals surface area contributed by atoms with Crippen LogP contribution < -0.4 is 10.2 Å². The minimum absolute atomic E-state index is 0.303. The van der Waals surface area contributed by atoms with Gasteiger partial charge in [-0.3, -0.25) is 0 Å². The molecule has 1 saturated heterocycles. The number of hydrogen-bond acceptors (Lipinski definition) is 3. The van der Waals surface area contributed by atoms with Crippen molar-refractivity contribution >= 4 is 5.69 Å². The van der Waals surface area contributed by atoms with Crippen molar-refractivity contribution in [3.63, 3.8) is 0 Å². The maximum absolute atomic E-state index is 8.85. The molecule has 0 saturated carbocycles. The van der Waals surface area contributed by atoms with E-state index in [-0.39, 0.29) is 0 Å². The van der Waals surface area contributed by atoms with E-state index in [0.29, 0.717) is 12.6 Å². The van der Waals surface area contributed by atoms with E-state index >= 15 is 0 Å². The summed E-state index contributed by atoms with van der Waals surface area (Å²) in [6.07, 6.45) is 4.34. The molecule has 25 heavy (non-hydrogen) atoms. The van der Waals surface area contributed by atoms with E-state index in [2.05, 4.69) is 65.7 Å². The van der Waals surface area contributed by atoms with Crippen LogP contribution in [0.5, 0.6) is 0 Å².